The molecule has 3 heteroatoms. The van der Waals surface area contributed by atoms with E-state index in [1.807, 2.05) is 0 Å². The molecule has 0 aliphatic rings. The summed E-state index contributed by atoms with van der Waals surface area (Å²) in [5.74, 6) is 0. The van der Waals surface area contributed by atoms with Gasteiger partial charge in [0.05, 0.1) is 0 Å². The number of hydrogen-bond donors (Lipinski definition) is 0. The summed E-state index contributed by atoms with van der Waals surface area (Å²) in [6.45, 7) is 4.95. The van der Waals surface area contributed by atoms with E-state index in [1.54, 1.807) is 13.1 Å². The third kappa shape index (κ3) is 3.26. The monoisotopic (exact) mass is 114 g/mol. The lowest BCUT2D eigenvalue weighted by molar-refractivity contribution is 1.63. The number of thiocarbonyl (C=S) groups is 1. The molecule has 0 amide bonds. The van der Waals surface area contributed by atoms with Crippen LogP contribution in [0.3, 0.4) is 0 Å². The van der Waals surface area contributed by atoms with Crippen LogP contribution >= 0.6 is 12.2 Å². The maximum Gasteiger partial charge on any atom is 0.218 e. The molecule has 0 radical (unpaired) electrons. The molecule has 0 unspecified atom stereocenters. The lowest BCUT2D eigenvalue weighted by atomic mass is 10.9. The minimum Gasteiger partial charge on any atom is -0.235 e. The number of hydrogen-bond acceptors (Lipinski definition) is 1. The fourth-order valence-electron chi connectivity index (χ4n) is 0.151. The van der Waals surface area contributed by atoms with Crippen LogP contribution in [0.2, 0.25) is 0 Å². The lowest BCUT2D eigenvalue weighted by Gasteiger charge is -1.77. The van der Waals surface area contributed by atoms with Gasteiger partial charge in [0, 0.05) is 6.21 Å². The first-order chi connectivity index (χ1) is 3.31. The van der Waals surface area contributed by atoms with E-state index in [0.29, 0.717) is 5.11 Å². The maximum absolute atomic E-state index is 4.53. The quantitative estimate of drug-likeness (QED) is 0.341. The summed E-state index contributed by atoms with van der Waals surface area (Å²) in [4.78, 5) is 6.98. The highest BCUT2D eigenvalue weighted by Gasteiger charge is 1.74. The second-order valence-electron chi connectivity index (χ2n) is 0.828. The molecule has 7 heavy (non-hydrogen) atoms. The van der Waals surface area contributed by atoms with E-state index in [4.69, 9.17) is 0 Å². The Hall–Kier alpha value is -0.570. The average molecular weight is 114 g/mol. The van der Waals surface area contributed by atoms with Gasteiger partial charge in [0.25, 0.3) is 0 Å². The second-order valence-corrected chi connectivity index (χ2v) is 1.19. The first kappa shape index (κ1) is 6.43. The third-order valence-electron chi connectivity index (χ3n) is 0.375. The molecule has 0 saturated carbocycles. The van der Waals surface area contributed by atoms with Crippen LogP contribution in [-0.2, 0) is 0 Å². The van der Waals surface area contributed by atoms with Crippen LogP contribution in [0.15, 0.2) is 9.98 Å². The van der Waals surface area contributed by atoms with Crippen molar-refractivity contribution >= 4 is 30.3 Å². The summed E-state index contributed by atoms with van der Waals surface area (Å²) < 4.78 is 0. The molecule has 38 valence electrons. The molecule has 0 rings (SSSR count). The van der Waals surface area contributed by atoms with Gasteiger partial charge in [0.2, 0.25) is 5.11 Å². The van der Waals surface area contributed by atoms with Crippen LogP contribution in [0, 0.1) is 0 Å². The third-order valence-corrected chi connectivity index (χ3v) is 0.609. The molecule has 0 aromatic heterocycles. The van der Waals surface area contributed by atoms with Gasteiger partial charge in [-0.25, -0.2) is 9.98 Å². The van der Waals surface area contributed by atoms with Crippen LogP contribution in [0.5, 0.6) is 0 Å². The Balaban J connectivity index is 3.58. The second kappa shape index (κ2) is 3.61. The highest BCUT2D eigenvalue weighted by molar-refractivity contribution is 7.80. The summed E-state index contributed by atoms with van der Waals surface area (Å²) in [6, 6.07) is 0. The number of nitrogens with zero attached hydrogens (tertiary/aromatic N) is 2. The number of rotatable bonds is 0. The summed E-state index contributed by atoms with van der Waals surface area (Å²) in [5, 5.41) is 0.294. The van der Waals surface area contributed by atoms with Gasteiger partial charge < -0.3 is 0 Å². The van der Waals surface area contributed by atoms with Crippen molar-refractivity contribution in [1.82, 2.24) is 0 Å². The molecule has 2 nitrogen and oxygen atoms in total. The van der Waals surface area contributed by atoms with E-state index in [2.05, 4.69) is 28.9 Å². The van der Waals surface area contributed by atoms with Crippen LogP contribution in [0.4, 0.5) is 0 Å². The van der Waals surface area contributed by atoms with Crippen LogP contribution < -0.4 is 0 Å². The number of aliphatic imine (C=N–C) groups is 2. The standard InChI is InChI=1S/C4H6N2S/c1-3-6-4(7)5-2/h3H,2H2,1H3/b6-3+. The first-order valence-electron chi connectivity index (χ1n) is 1.80. The Morgan fingerprint density at radius 1 is 1.86 bits per heavy atom. The maximum atomic E-state index is 4.53. The molecular formula is C4H6N2S. The van der Waals surface area contributed by atoms with Crippen LogP contribution in [0.1, 0.15) is 6.92 Å². The van der Waals surface area contributed by atoms with E-state index in [1.165, 1.54) is 0 Å². The van der Waals surface area contributed by atoms with Crippen molar-refractivity contribution in [2.45, 2.75) is 6.92 Å². The van der Waals surface area contributed by atoms with E-state index in [9.17, 15) is 0 Å². The molecule has 0 aliphatic carbocycles. The van der Waals surface area contributed by atoms with Gasteiger partial charge in [0.1, 0.15) is 0 Å². The molecule has 0 aliphatic heterocycles. The zero-order valence-corrected chi connectivity index (χ0v) is 4.90. The molecule has 0 N–H and O–H groups in total. The van der Waals surface area contributed by atoms with E-state index in [-0.39, 0.29) is 0 Å². The minimum absolute atomic E-state index is 0.294. The summed E-state index contributed by atoms with van der Waals surface area (Å²) in [6.07, 6.45) is 1.58. The largest absolute Gasteiger partial charge is 0.235 e. The van der Waals surface area contributed by atoms with Gasteiger partial charge in [0.15, 0.2) is 0 Å². The van der Waals surface area contributed by atoms with Gasteiger partial charge in [-0.2, -0.15) is 0 Å². The van der Waals surface area contributed by atoms with Gasteiger partial charge >= 0.3 is 0 Å². The molecule has 0 bridgehead atoms. The zero-order chi connectivity index (χ0) is 5.70. The van der Waals surface area contributed by atoms with Crippen molar-refractivity contribution in [3.05, 3.63) is 0 Å². The Morgan fingerprint density at radius 2 is 2.43 bits per heavy atom. The molecular weight excluding hydrogens is 108 g/mol. The highest BCUT2D eigenvalue weighted by atomic mass is 32.1. The van der Waals surface area contributed by atoms with Crippen molar-refractivity contribution in [2.24, 2.45) is 9.98 Å². The van der Waals surface area contributed by atoms with E-state index >= 15 is 0 Å². The van der Waals surface area contributed by atoms with Gasteiger partial charge in [-0.05, 0) is 25.9 Å². The Morgan fingerprint density at radius 3 is 2.57 bits per heavy atom. The summed E-state index contributed by atoms with van der Waals surface area (Å²) in [5.41, 5.74) is 0. The molecule has 0 saturated heterocycles. The van der Waals surface area contributed by atoms with Crippen LogP contribution in [-0.4, -0.2) is 18.0 Å². The summed E-state index contributed by atoms with van der Waals surface area (Å²) in [7, 11) is 0. The van der Waals surface area contributed by atoms with Crippen molar-refractivity contribution in [3.63, 3.8) is 0 Å². The predicted molar refractivity (Wildman–Crippen MR) is 36.3 cm³/mol. The van der Waals surface area contributed by atoms with Crippen molar-refractivity contribution < 1.29 is 0 Å². The smallest absolute Gasteiger partial charge is 0.218 e. The highest BCUT2D eigenvalue weighted by Crippen LogP contribution is 1.76. The Kier molecular flexibility index (Phi) is 3.32. The topological polar surface area (TPSA) is 24.7 Å². The fourth-order valence-corrected chi connectivity index (χ4v) is 0.257. The Bertz CT molecular complexity index is 106. The van der Waals surface area contributed by atoms with Gasteiger partial charge in [-0.15, -0.1) is 0 Å². The normalized spacial score (nSPS) is 9.29. The summed E-state index contributed by atoms with van der Waals surface area (Å²) >= 11 is 4.53. The fraction of sp³-hybridized carbons (Fsp3) is 0.250. The van der Waals surface area contributed by atoms with Crippen molar-refractivity contribution in [3.8, 4) is 0 Å². The van der Waals surface area contributed by atoms with Gasteiger partial charge in [-0.1, -0.05) is 0 Å². The SMILES string of the molecule is C=NC(=S)/N=C/C. The average Bonchev–Trinajstić information content (AvgIpc) is 1.68. The predicted octanol–water partition coefficient (Wildman–Crippen LogP) is 1.06. The molecule has 0 fully saturated rings. The first-order valence-corrected chi connectivity index (χ1v) is 2.21. The van der Waals surface area contributed by atoms with Crippen LogP contribution in [0.25, 0.3) is 0 Å². The van der Waals surface area contributed by atoms with E-state index in [0.717, 1.165) is 0 Å². The molecule has 0 spiro atoms. The van der Waals surface area contributed by atoms with Gasteiger partial charge in [-0.3, -0.25) is 0 Å². The minimum atomic E-state index is 0.294. The van der Waals surface area contributed by atoms with E-state index < -0.39 is 0 Å². The molecule has 0 atom stereocenters. The molecule has 0 aromatic carbocycles. The zero-order valence-electron chi connectivity index (χ0n) is 4.09. The molecule has 0 heterocycles. The van der Waals surface area contributed by atoms with Crippen molar-refractivity contribution in [2.75, 3.05) is 0 Å². The van der Waals surface area contributed by atoms with Crippen molar-refractivity contribution in [1.29, 1.82) is 0 Å². The Labute approximate surface area is 48.0 Å². The lowest BCUT2D eigenvalue weighted by Crippen LogP contribution is -1.78. The molecule has 0 aromatic rings.